The van der Waals surface area contributed by atoms with Crippen LogP contribution in [0.3, 0.4) is 0 Å². The minimum absolute atomic E-state index is 0.0657. The molecule has 0 aliphatic carbocycles. The fourth-order valence-corrected chi connectivity index (χ4v) is 0.754. The molecule has 0 aliphatic rings. The quantitative estimate of drug-likeness (QED) is 0.220. The van der Waals surface area contributed by atoms with E-state index in [0.29, 0.717) is 12.8 Å². The third-order valence-electron chi connectivity index (χ3n) is 1.23. The lowest BCUT2D eigenvalue weighted by molar-refractivity contribution is 0.170. The summed E-state index contributed by atoms with van der Waals surface area (Å²) in [5.74, 6) is 0. The zero-order valence-corrected chi connectivity index (χ0v) is 7.49. The van der Waals surface area contributed by atoms with Crippen LogP contribution in [0.1, 0.15) is 19.8 Å². The van der Waals surface area contributed by atoms with Crippen LogP contribution in [-0.4, -0.2) is 18.1 Å². The number of ether oxygens (including phenoxy) is 1. The van der Waals surface area contributed by atoms with E-state index in [1.807, 2.05) is 0 Å². The molecule has 0 fully saturated rings. The lowest BCUT2D eigenvalue weighted by atomic mass is 10.2. The zero-order valence-electron chi connectivity index (χ0n) is 6.73. The Morgan fingerprint density at radius 2 is 2.50 bits per heavy atom. The molecule has 12 heavy (non-hydrogen) atoms. The highest BCUT2D eigenvalue weighted by atomic mass is 35.5. The molecule has 0 spiro atoms. The maximum absolute atomic E-state index is 10.1. The zero-order chi connectivity index (χ0) is 9.40. The molecule has 68 valence electrons. The van der Waals surface area contributed by atoms with Gasteiger partial charge in [-0.25, -0.2) is 4.79 Å². The number of nitrogens with zero attached hydrogens (tertiary/aromatic N) is 3. The minimum Gasteiger partial charge on any atom is -0.454 e. The number of hydrogen-bond acceptors (Lipinski definition) is 3. The van der Waals surface area contributed by atoms with Crippen molar-refractivity contribution in [1.29, 1.82) is 0 Å². The van der Waals surface area contributed by atoms with E-state index in [9.17, 15) is 4.79 Å². The highest BCUT2D eigenvalue weighted by Gasteiger charge is 1.99. The molecule has 0 heterocycles. The van der Waals surface area contributed by atoms with Crippen molar-refractivity contribution in [3.05, 3.63) is 10.4 Å². The molecule has 0 aliphatic heterocycles. The Balaban J connectivity index is 3.31. The van der Waals surface area contributed by atoms with Crippen LogP contribution in [-0.2, 0) is 4.74 Å². The van der Waals surface area contributed by atoms with Crippen LogP contribution in [0, 0.1) is 0 Å². The second-order valence-corrected chi connectivity index (χ2v) is 2.59. The molecule has 1 atom stereocenters. The summed E-state index contributed by atoms with van der Waals surface area (Å²) in [7, 11) is 0. The molecule has 0 aromatic carbocycles. The van der Waals surface area contributed by atoms with Crippen LogP contribution in [0.15, 0.2) is 5.11 Å². The molecule has 0 saturated carbocycles. The fraction of sp³-hybridized carbons (Fsp3) is 0.833. The molecule has 1 unspecified atom stereocenters. The Hall–Kier alpha value is -0.930. The van der Waals surface area contributed by atoms with Crippen LogP contribution >= 0.6 is 11.6 Å². The number of azide groups is 1. The summed E-state index contributed by atoms with van der Waals surface area (Å²) < 4.78 is 4.46. The fourth-order valence-electron chi connectivity index (χ4n) is 0.677. The maximum atomic E-state index is 10.1. The standard InChI is InChI=1S/C6H10ClN3O2/c1-5(9-10-8)3-2-4-12-6(7)11/h5H,2-4H2,1H3. The Morgan fingerprint density at radius 1 is 1.83 bits per heavy atom. The van der Waals surface area contributed by atoms with Gasteiger partial charge in [0.1, 0.15) is 0 Å². The molecule has 0 rings (SSSR count). The highest BCUT2D eigenvalue weighted by molar-refractivity contribution is 6.61. The number of hydrogen-bond donors (Lipinski definition) is 0. The average molecular weight is 192 g/mol. The van der Waals surface area contributed by atoms with Gasteiger partial charge in [-0.05, 0) is 18.4 Å². The summed E-state index contributed by atoms with van der Waals surface area (Å²) in [5.41, 5.74) is 7.23. The molecule has 0 aromatic heterocycles. The predicted molar refractivity (Wildman–Crippen MR) is 45.0 cm³/mol. The van der Waals surface area contributed by atoms with Gasteiger partial charge < -0.3 is 4.74 Å². The minimum atomic E-state index is -0.800. The third kappa shape index (κ3) is 7.18. The predicted octanol–water partition coefficient (Wildman–Crippen LogP) is 2.84. The topological polar surface area (TPSA) is 75.1 Å². The molecule has 0 aromatic rings. The van der Waals surface area contributed by atoms with E-state index in [1.54, 1.807) is 6.92 Å². The molecule has 0 saturated heterocycles. The Kier molecular flexibility index (Phi) is 6.24. The largest absolute Gasteiger partial charge is 0.454 e. The third-order valence-corrected chi connectivity index (χ3v) is 1.34. The molecule has 0 amide bonds. The van der Waals surface area contributed by atoms with E-state index in [4.69, 9.17) is 17.1 Å². The molecule has 5 nitrogen and oxygen atoms in total. The van der Waals surface area contributed by atoms with Gasteiger partial charge in [-0.1, -0.05) is 12.0 Å². The van der Waals surface area contributed by atoms with E-state index in [1.165, 1.54) is 0 Å². The van der Waals surface area contributed by atoms with Gasteiger partial charge in [0.05, 0.1) is 6.61 Å². The highest BCUT2D eigenvalue weighted by Crippen LogP contribution is 2.02. The van der Waals surface area contributed by atoms with E-state index >= 15 is 0 Å². The summed E-state index contributed by atoms with van der Waals surface area (Å²) in [4.78, 5) is 12.7. The van der Waals surface area contributed by atoms with Gasteiger partial charge in [-0.2, -0.15) is 0 Å². The van der Waals surface area contributed by atoms with E-state index < -0.39 is 5.43 Å². The van der Waals surface area contributed by atoms with Gasteiger partial charge in [-0.15, -0.1) is 0 Å². The van der Waals surface area contributed by atoms with Gasteiger partial charge >= 0.3 is 5.43 Å². The van der Waals surface area contributed by atoms with Gasteiger partial charge in [0.25, 0.3) is 0 Å². The summed E-state index contributed by atoms with van der Waals surface area (Å²) in [6.45, 7) is 2.07. The van der Waals surface area contributed by atoms with Crippen LogP contribution < -0.4 is 0 Å². The lowest BCUT2D eigenvalue weighted by Gasteiger charge is -2.02. The van der Waals surface area contributed by atoms with Gasteiger partial charge in [0, 0.05) is 22.6 Å². The van der Waals surface area contributed by atoms with Crippen molar-refractivity contribution < 1.29 is 9.53 Å². The van der Waals surface area contributed by atoms with E-state index in [2.05, 4.69) is 14.8 Å². The van der Waals surface area contributed by atoms with Crippen molar-refractivity contribution in [3.8, 4) is 0 Å². The SMILES string of the molecule is CC(CCCOC(=O)Cl)N=[N+]=[N-]. The van der Waals surface area contributed by atoms with Crippen molar-refractivity contribution >= 4 is 17.0 Å². The molecular weight excluding hydrogens is 182 g/mol. The Labute approximate surface area is 75.3 Å². The second-order valence-electron chi connectivity index (χ2n) is 2.28. The van der Waals surface area contributed by atoms with Crippen molar-refractivity contribution in [2.24, 2.45) is 5.11 Å². The lowest BCUT2D eigenvalue weighted by Crippen LogP contribution is -2.01. The number of carbonyl (C=O) groups excluding carboxylic acids is 1. The van der Waals surface area contributed by atoms with Crippen molar-refractivity contribution in [2.45, 2.75) is 25.8 Å². The molecule has 0 bridgehead atoms. The molecular formula is C6H10ClN3O2. The van der Waals surface area contributed by atoms with Crippen LogP contribution in [0.5, 0.6) is 0 Å². The summed E-state index contributed by atoms with van der Waals surface area (Å²) in [5, 5.41) is 3.45. The van der Waals surface area contributed by atoms with Gasteiger partial charge in [0.15, 0.2) is 0 Å². The maximum Gasteiger partial charge on any atom is 0.403 e. The number of rotatable bonds is 5. The number of carbonyl (C=O) groups is 1. The smallest absolute Gasteiger partial charge is 0.403 e. The Morgan fingerprint density at radius 3 is 3.00 bits per heavy atom. The first-order chi connectivity index (χ1) is 5.66. The first kappa shape index (κ1) is 11.1. The van der Waals surface area contributed by atoms with Crippen molar-refractivity contribution in [1.82, 2.24) is 0 Å². The van der Waals surface area contributed by atoms with Gasteiger partial charge in [0.2, 0.25) is 0 Å². The first-order valence-electron chi connectivity index (χ1n) is 3.53. The Bertz CT molecular complexity index is 191. The van der Waals surface area contributed by atoms with Crippen LogP contribution in [0.25, 0.3) is 10.4 Å². The van der Waals surface area contributed by atoms with Gasteiger partial charge in [-0.3, -0.25) is 0 Å². The summed E-state index contributed by atoms with van der Waals surface area (Å²) in [6, 6.07) is -0.0657. The number of halogens is 1. The van der Waals surface area contributed by atoms with Crippen LogP contribution in [0.2, 0.25) is 0 Å². The van der Waals surface area contributed by atoms with E-state index in [-0.39, 0.29) is 12.6 Å². The van der Waals surface area contributed by atoms with E-state index in [0.717, 1.165) is 0 Å². The summed E-state index contributed by atoms with van der Waals surface area (Å²) in [6.07, 6.45) is 1.34. The van der Waals surface area contributed by atoms with Crippen LogP contribution in [0.4, 0.5) is 4.79 Å². The first-order valence-corrected chi connectivity index (χ1v) is 3.91. The molecule has 0 radical (unpaired) electrons. The monoisotopic (exact) mass is 191 g/mol. The van der Waals surface area contributed by atoms with Crippen molar-refractivity contribution in [2.75, 3.05) is 6.61 Å². The average Bonchev–Trinajstić information content (AvgIpc) is 1.98. The molecule has 0 N–H and O–H groups in total. The molecule has 6 heteroatoms. The second kappa shape index (κ2) is 6.76. The normalized spacial score (nSPS) is 11.5. The summed E-state index contributed by atoms with van der Waals surface area (Å²) >= 11 is 4.91. The van der Waals surface area contributed by atoms with Crippen molar-refractivity contribution in [3.63, 3.8) is 0 Å².